The fourth-order valence-corrected chi connectivity index (χ4v) is 4.79. The lowest BCUT2D eigenvalue weighted by atomic mass is 9.91. The van der Waals surface area contributed by atoms with Crippen LogP contribution in [0.2, 0.25) is 0 Å². The summed E-state index contributed by atoms with van der Waals surface area (Å²) in [7, 11) is 0. The molecule has 47 heavy (non-hydrogen) atoms. The summed E-state index contributed by atoms with van der Waals surface area (Å²) in [5, 5.41) is 17.9. The first-order chi connectivity index (χ1) is 22.8. The van der Waals surface area contributed by atoms with Crippen molar-refractivity contribution in [3.8, 4) is 44.9 Å². The van der Waals surface area contributed by atoms with Gasteiger partial charge >= 0.3 is 11.9 Å². The molecule has 8 heteroatoms. The van der Waals surface area contributed by atoms with Crippen molar-refractivity contribution < 1.29 is 38.7 Å². The third kappa shape index (κ3) is 9.90. The number of ether oxygens (including phenoxy) is 4. The summed E-state index contributed by atoms with van der Waals surface area (Å²) in [5.41, 5.74) is 7.78. The molecule has 4 aromatic carbocycles. The summed E-state index contributed by atoms with van der Waals surface area (Å²) in [5.74, 6) is -0.273. The Morgan fingerprint density at radius 3 is 1.49 bits per heavy atom. The monoisotopic (exact) mass is 636 g/mol. The Labute approximate surface area is 275 Å². The Morgan fingerprint density at radius 1 is 0.596 bits per heavy atom. The van der Waals surface area contributed by atoms with Gasteiger partial charge in [-0.1, -0.05) is 99.7 Å². The highest BCUT2D eigenvalue weighted by atomic mass is 16.7. The van der Waals surface area contributed by atoms with Crippen molar-refractivity contribution in [1.82, 2.24) is 0 Å². The van der Waals surface area contributed by atoms with Crippen molar-refractivity contribution in [2.45, 2.75) is 32.6 Å². The molecule has 8 nitrogen and oxygen atoms in total. The molecule has 0 aliphatic heterocycles. The van der Waals surface area contributed by atoms with Gasteiger partial charge in [-0.3, -0.25) is 0 Å². The summed E-state index contributed by atoms with van der Waals surface area (Å²) in [4.78, 5) is 23.2. The molecule has 4 aromatic rings. The van der Waals surface area contributed by atoms with Crippen LogP contribution in [0.3, 0.4) is 0 Å². The topological polar surface area (TPSA) is 112 Å². The number of carbonyl (C=O) groups excluding carboxylic acids is 2. The normalized spacial score (nSPS) is 10.6. The standard InChI is InChI=1S/C39H40O8/c1-4-5-6-7-34-22-33(16-21-37(34)32-14-19-36(20-15-32)45-26-47-39(43)28(3)24-41)31-10-8-29(9-11-31)30-12-17-35(18-13-30)44-25-46-38(42)27(2)23-40/h8-22,40-41H,2-7,23-26H2,1H3. The maximum atomic E-state index is 11.7. The molecule has 0 fully saturated rings. The molecule has 0 heterocycles. The van der Waals surface area contributed by atoms with E-state index in [0.29, 0.717) is 11.5 Å². The molecule has 0 aromatic heterocycles. The third-order valence-electron chi connectivity index (χ3n) is 7.52. The molecule has 0 bridgehead atoms. The van der Waals surface area contributed by atoms with E-state index in [4.69, 9.17) is 29.2 Å². The quantitative estimate of drug-likeness (QED) is 0.0539. The van der Waals surface area contributed by atoms with Crippen molar-refractivity contribution in [1.29, 1.82) is 0 Å². The SMILES string of the molecule is C=C(CO)C(=O)OCOc1ccc(-c2ccc(-c3ccc(-c4ccc(OCOC(=O)C(=C)CO)cc4)c(CCCCC)c3)cc2)cc1. The Kier molecular flexibility index (Phi) is 12.9. The number of aliphatic hydroxyl groups excluding tert-OH is 2. The van der Waals surface area contributed by atoms with Crippen molar-refractivity contribution in [2.24, 2.45) is 0 Å². The van der Waals surface area contributed by atoms with Crippen LogP contribution in [0.1, 0.15) is 31.7 Å². The lowest BCUT2D eigenvalue weighted by Gasteiger charge is -2.14. The van der Waals surface area contributed by atoms with Crippen LogP contribution >= 0.6 is 0 Å². The number of benzene rings is 4. The first-order valence-electron chi connectivity index (χ1n) is 15.4. The lowest BCUT2D eigenvalue weighted by Crippen LogP contribution is -2.13. The fourth-order valence-electron chi connectivity index (χ4n) is 4.79. The van der Waals surface area contributed by atoms with E-state index in [-0.39, 0.29) is 24.7 Å². The van der Waals surface area contributed by atoms with Crippen LogP contribution in [0.15, 0.2) is 115 Å². The van der Waals surface area contributed by atoms with E-state index in [1.54, 1.807) is 0 Å². The van der Waals surface area contributed by atoms with Crippen molar-refractivity contribution in [2.75, 3.05) is 26.8 Å². The number of rotatable bonds is 17. The van der Waals surface area contributed by atoms with Crippen LogP contribution in [-0.2, 0) is 25.5 Å². The molecule has 244 valence electrons. The highest BCUT2D eigenvalue weighted by Crippen LogP contribution is 2.32. The fraction of sp³-hybridized carbons (Fsp3) is 0.231. The van der Waals surface area contributed by atoms with Gasteiger partial charge in [0.1, 0.15) is 11.5 Å². The molecular weight excluding hydrogens is 596 g/mol. The van der Waals surface area contributed by atoms with Gasteiger partial charge in [0.05, 0.1) is 24.4 Å². The Hall–Kier alpha value is -5.18. The van der Waals surface area contributed by atoms with Gasteiger partial charge in [-0.25, -0.2) is 9.59 Å². The van der Waals surface area contributed by atoms with Gasteiger partial charge in [-0.15, -0.1) is 0 Å². The minimum atomic E-state index is -0.697. The van der Waals surface area contributed by atoms with E-state index < -0.39 is 25.2 Å². The second-order valence-corrected chi connectivity index (χ2v) is 10.9. The molecule has 0 spiro atoms. The minimum absolute atomic E-state index is 0.0254. The van der Waals surface area contributed by atoms with Gasteiger partial charge in [0, 0.05) is 0 Å². The van der Waals surface area contributed by atoms with E-state index in [1.807, 2.05) is 48.5 Å². The lowest BCUT2D eigenvalue weighted by molar-refractivity contribution is -0.146. The van der Waals surface area contributed by atoms with Crippen LogP contribution < -0.4 is 9.47 Å². The molecule has 4 rings (SSSR count). The average molecular weight is 637 g/mol. The van der Waals surface area contributed by atoms with E-state index in [0.717, 1.165) is 59.1 Å². The summed E-state index contributed by atoms with van der Waals surface area (Å²) in [6, 6.07) is 30.2. The summed E-state index contributed by atoms with van der Waals surface area (Å²) >= 11 is 0. The summed E-state index contributed by atoms with van der Waals surface area (Å²) in [6.45, 7) is 7.60. The van der Waals surface area contributed by atoms with Gasteiger partial charge in [-0.05, 0) is 76.1 Å². The average Bonchev–Trinajstić information content (AvgIpc) is 3.11. The number of hydrogen-bond donors (Lipinski definition) is 2. The molecule has 0 aliphatic carbocycles. The van der Waals surface area contributed by atoms with Crippen LogP contribution in [-0.4, -0.2) is 49.0 Å². The number of aryl methyl sites for hydroxylation is 1. The predicted molar refractivity (Wildman–Crippen MR) is 182 cm³/mol. The zero-order chi connectivity index (χ0) is 33.6. The second kappa shape index (κ2) is 17.5. The van der Waals surface area contributed by atoms with Gasteiger partial charge in [-0.2, -0.15) is 0 Å². The molecule has 0 unspecified atom stereocenters. The number of carbonyl (C=O) groups is 2. The Morgan fingerprint density at radius 2 is 1.02 bits per heavy atom. The van der Waals surface area contributed by atoms with Gasteiger partial charge in [0.2, 0.25) is 13.6 Å². The van der Waals surface area contributed by atoms with E-state index in [9.17, 15) is 9.59 Å². The zero-order valence-electron chi connectivity index (χ0n) is 26.6. The highest BCUT2D eigenvalue weighted by Gasteiger charge is 2.11. The van der Waals surface area contributed by atoms with E-state index in [2.05, 4.69) is 62.5 Å². The molecule has 0 amide bonds. The van der Waals surface area contributed by atoms with Crippen molar-refractivity contribution >= 4 is 11.9 Å². The van der Waals surface area contributed by atoms with Crippen LogP contribution in [0.4, 0.5) is 0 Å². The van der Waals surface area contributed by atoms with E-state index >= 15 is 0 Å². The van der Waals surface area contributed by atoms with Gasteiger partial charge in [0.25, 0.3) is 0 Å². The number of esters is 2. The molecule has 0 atom stereocenters. The number of aliphatic hydroxyl groups is 2. The first kappa shape index (κ1) is 34.7. The Bertz CT molecular complexity index is 1660. The maximum Gasteiger partial charge on any atom is 0.338 e. The Balaban J connectivity index is 1.43. The van der Waals surface area contributed by atoms with Gasteiger partial charge < -0.3 is 29.2 Å². The molecule has 2 N–H and O–H groups in total. The predicted octanol–water partition coefficient (Wildman–Crippen LogP) is 7.28. The minimum Gasteiger partial charge on any atom is -0.457 e. The molecule has 0 aliphatic rings. The number of hydrogen-bond acceptors (Lipinski definition) is 8. The highest BCUT2D eigenvalue weighted by molar-refractivity contribution is 5.88. The number of unbranched alkanes of at least 4 members (excludes halogenated alkanes) is 2. The molecule has 0 radical (unpaired) electrons. The zero-order valence-corrected chi connectivity index (χ0v) is 26.6. The first-order valence-corrected chi connectivity index (χ1v) is 15.4. The molecular formula is C39H40O8. The van der Waals surface area contributed by atoms with Gasteiger partial charge in [0.15, 0.2) is 0 Å². The summed E-state index contributed by atoms with van der Waals surface area (Å²) in [6.07, 6.45) is 4.35. The van der Waals surface area contributed by atoms with Crippen molar-refractivity contribution in [3.63, 3.8) is 0 Å². The maximum absolute atomic E-state index is 11.7. The van der Waals surface area contributed by atoms with Crippen LogP contribution in [0.25, 0.3) is 33.4 Å². The smallest absolute Gasteiger partial charge is 0.338 e. The van der Waals surface area contributed by atoms with Crippen molar-refractivity contribution in [3.05, 3.63) is 121 Å². The molecule has 0 saturated carbocycles. The third-order valence-corrected chi connectivity index (χ3v) is 7.52. The summed E-state index contributed by atoms with van der Waals surface area (Å²) < 4.78 is 20.9. The van der Waals surface area contributed by atoms with Crippen LogP contribution in [0.5, 0.6) is 11.5 Å². The second-order valence-electron chi connectivity index (χ2n) is 10.9. The van der Waals surface area contributed by atoms with Crippen LogP contribution in [0, 0.1) is 0 Å². The molecule has 0 saturated heterocycles. The van der Waals surface area contributed by atoms with E-state index in [1.165, 1.54) is 5.56 Å². The largest absolute Gasteiger partial charge is 0.457 e.